The number of thiophene rings is 1. The van der Waals surface area contributed by atoms with Crippen LogP contribution in [0.5, 0.6) is 0 Å². The molecule has 104 valence electrons. The predicted molar refractivity (Wildman–Crippen MR) is 77.7 cm³/mol. The topological polar surface area (TPSA) is 68.3 Å². The van der Waals surface area contributed by atoms with Crippen LogP contribution in [0.15, 0.2) is 15.7 Å². The van der Waals surface area contributed by atoms with Crippen molar-refractivity contribution in [2.24, 2.45) is 0 Å². The van der Waals surface area contributed by atoms with Gasteiger partial charge in [-0.25, -0.2) is 13.4 Å². The smallest absolute Gasteiger partial charge is 0.273 e. The first-order chi connectivity index (χ1) is 8.92. The molecule has 0 aliphatic carbocycles. The van der Waals surface area contributed by atoms with Gasteiger partial charge in [-0.2, -0.15) is 0 Å². The van der Waals surface area contributed by atoms with Gasteiger partial charge in [-0.1, -0.05) is 11.6 Å². The lowest BCUT2D eigenvalue weighted by Gasteiger charge is -2.01. The number of thiazole rings is 1. The first-order valence-corrected chi connectivity index (χ1v) is 8.70. The normalized spacial score (nSPS) is 11.7. The second kappa shape index (κ2) is 5.76. The van der Waals surface area contributed by atoms with E-state index in [1.54, 1.807) is 25.5 Å². The number of rotatable bonds is 5. The summed E-state index contributed by atoms with van der Waals surface area (Å²) >= 11 is 8.12. The number of hydrogen-bond acceptors (Lipinski definition) is 6. The fraction of sp³-hybridized carbons (Fsp3) is 0.300. The molecule has 2 rings (SSSR count). The Morgan fingerprint density at radius 3 is 2.84 bits per heavy atom. The SMILES string of the molecule is COCc1csc(NS(=O)(=O)c2cc(C)c(Cl)s2)n1. The number of anilines is 1. The van der Waals surface area contributed by atoms with Crippen molar-refractivity contribution in [3.8, 4) is 0 Å². The van der Waals surface area contributed by atoms with Crippen LogP contribution >= 0.6 is 34.3 Å². The van der Waals surface area contributed by atoms with Crippen LogP contribution in [0, 0.1) is 6.92 Å². The van der Waals surface area contributed by atoms with E-state index in [4.69, 9.17) is 16.3 Å². The lowest BCUT2D eigenvalue weighted by Crippen LogP contribution is -2.11. The van der Waals surface area contributed by atoms with Crippen LogP contribution in [0.25, 0.3) is 0 Å². The average molecular weight is 339 g/mol. The zero-order valence-corrected chi connectivity index (χ0v) is 13.3. The maximum absolute atomic E-state index is 12.1. The summed E-state index contributed by atoms with van der Waals surface area (Å²) in [7, 11) is -2.07. The molecule has 0 aromatic carbocycles. The summed E-state index contributed by atoms with van der Waals surface area (Å²) in [6.07, 6.45) is 0. The van der Waals surface area contributed by atoms with Crippen LogP contribution in [-0.2, 0) is 21.4 Å². The van der Waals surface area contributed by atoms with Crippen LogP contribution in [-0.4, -0.2) is 20.5 Å². The first-order valence-electron chi connectivity index (χ1n) is 5.14. The molecule has 0 unspecified atom stereocenters. The predicted octanol–water partition coefficient (Wildman–Crippen LogP) is 3.11. The largest absolute Gasteiger partial charge is 0.378 e. The minimum atomic E-state index is -3.63. The van der Waals surface area contributed by atoms with Gasteiger partial charge in [0.25, 0.3) is 10.0 Å². The Kier molecular flexibility index (Phi) is 4.46. The summed E-state index contributed by atoms with van der Waals surface area (Å²) in [5.41, 5.74) is 1.43. The van der Waals surface area contributed by atoms with Crippen LogP contribution in [0.1, 0.15) is 11.3 Å². The number of nitrogens with one attached hydrogen (secondary N) is 1. The van der Waals surface area contributed by atoms with E-state index in [0.717, 1.165) is 16.9 Å². The van der Waals surface area contributed by atoms with Gasteiger partial charge >= 0.3 is 0 Å². The van der Waals surface area contributed by atoms with E-state index in [2.05, 4.69) is 9.71 Å². The van der Waals surface area contributed by atoms with Crippen molar-refractivity contribution in [3.63, 3.8) is 0 Å². The molecule has 19 heavy (non-hydrogen) atoms. The second-order valence-corrected chi connectivity index (χ2v) is 8.13. The lowest BCUT2D eigenvalue weighted by molar-refractivity contribution is 0.182. The van der Waals surface area contributed by atoms with E-state index in [9.17, 15) is 8.42 Å². The van der Waals surface area contributed by atoms with E-state index >= 15 is 0 Å². The molecule has 2 aromatic heterocycles. The minimum absolute atomic E-state index is 0.179. The van der Waals surface area contributed by atoms with Crippen molar-refractivity contribution in [3.05, 3.63) is 27.0 Å². The van der Waals surface area contributed by atoms with E-state index in [1.807, 2.05) is 0 Å². The second-order valence-electron chi connectivity index (χ2n) is 3.70. The Morgan fingerprint density at radius 2 is 2.26 bits per heavy atom. The number of halogens is 1. The van der Waals surface area contributed by atoms with Crippen molar-refractivity contribution in [2.45, 2.75) is 17.7 Å². The number of ether oxygens (including phenoxy) is 1. The maximum Gasteiger partial charge on any atom is 0.273 e. The van der Waals surface area contributed by atoms with Gasteiger partial charge in [0.2, 0.25) is 0 Å². The number of aromatic nitrogens is 1. The molecule has 2 heterocycles. The molecular weight excluding hydrogens is 328 g/mol. The van der Waals surface area contributed by atoms with Crippen LogP contribution in [0.4, 0.5) is 5.13 Å². The fourth-order valence-corrected chi connectivity index (χ4v) is 4.95. The molecule has 0 amide bonds. The molecule has 0 saturated heterocycles. The van der Waals surface area contributed by atoms with Gasteiger partial charge in [0, 0.05) is 12.5 Å². The average Bonchev–Trinajstić information content (AvgIpc) is 2.88. The number of aryl methyl sites for hydroxylation is 1. The standard InChI is InChI=1S/C10H11ClN2O3S3/c1-6-3-8(18-9(6)11)19(14,15)13-10-12-7(4-16-2)5-17-10/h3,5H,4H2,1-2H3,(H,12,13). The molecular formula is C10H11ClN2O3S3. The van der Waals surface area contributed by atoms with Crippen LogP contribution in [0.2, 0.25) is 4.34 Å². The highest BCUT2D eigenvalue weighted by Crippen LogP contribution is 2.31. The first kappa shape index (κ1) is 14.7. The summed E-state index contributed by atoms with van der Waals surface area (Å²) in [5, 5.41) is 2.06. The Bertz CT molecular complexity index is 659. The third kappa shape index (κ3) is 3.46. The summed E-state index contributed by atoms with van der Waals surface area (Å²) in [5.74, 6) is 0. The molecule has 2 aromatic rings. The highest BCUT2D eigenvalue weighted by Gasteiger charge is 2.20. The molecule has 9 heteroatoms. The Balaban J connectivity index is 2.20. The Labute approximate surface area is 124 Å². The molecule has 0 spiro atoms. The molecule has 0 aliphatic rings. The van der Waals surface area contributed by atoms with E-state index in [1.165, 1.54) is 11.3 Å². The number of hydrogen-bond donors (Lipinski definition) is 1. The van der Waals surface area contributed by atoms with Crippen molar-refractivity contribution in [2.75, 3.05) is 11.8 Å². The summed E-state index contributed by atoms with van der Waals surface area (Å²) in [4.78, 5) is 4.11. The van der Waals surface area contributed by atoms with Crippen molar-refractivity contribution in [1.82, 2.24) is 4.98 Å². The van der Waals surface area contributed by atoms with E-state index < -0.39 is 10.0 Å². The molecule has 0 atom stereocenters. The van der Waals surface area contributed by atoms with Gasteiger partial charge in [0.15, 0.2) is 5.13 Å². The van der Waals surface area contributed by atoms with Gasteiger partial charge in [0.05, 0.1) is 16.6 Å². The minimum Gasteiger partial charge on any atom is -0.378 e. The number of nitrogens with zero attached hydrogens (tertiary/aromatic N) is 1. The Hall–Kier alpha value is -0.670. The number of methoxy groups -OCH3 is 1. The maximum atomic E-state index is 12.1. The fourth-order valence-electron chi connectivity index (χ4n) is 1.30. The summed E-state index contributed by atoms with van der Waals surface area (Å²) in [6.45, 7) is 2.11. The molecule has 0 saturated carbocycles. The third-order valence-electron chi connectivity index (χ3n) is 2.17. The molecule has 5 nitrogen and oxygen atoms in total. The molecule has 1 N–H and O–H groups in total. The third-order valence-corrected chi connectivity index (χ3v) is 6.47. The van der Waals surface area contributed by atoms with Crippen molar-refractivity contribution >= 4 is 49.4 Å². The summed E-state index contributed by atoms with van der Waals surface area (Å²) in [6, 6.07) is 1.54. The van der Waals surface area contributed by atoms with E-state index in [-0.39, 0.29) is 4.21 Å². The highest BCUT2D eigenvalue weighted by atomic mass is 35.5. The summed E-state index contributed by atoms with van der Waals surface area (Å²) < 4.78 is 32.2. The molecule has 0 fully saturated rings. The number of sulfonamides is 1. The van der Waals surface area contributed by atoms with E-state index in [0.29, 0.717) is 21.8 Å². The quantitative estimate of drug-likeness (QED) is 0.909. The van der Waals surface area contributed by atoms with Crippen molar-refractivity contribution in [1.29, 1.82) is 0 Å². The van der Waals surface area contributed by atoms with Crippen molar-refractivity contribution < 1.29 is 13.2 Å². The van der Waals surface area contributed by atoms with Gasteiger partial charge < -0.3 is 4.74 Å². The van der Waals surface area contributed by atoms with Gasteiger partial charge in [-0.15, -0.1) is 22.7 Å². The van der Waals surface area contributed by atoms with Gasteiger partial charge in [-0.3, -0.25) is 4.72 Å². The lowest BCUT2D eigenvalue weighted by atomic mass is 10.4. The van der Waals surface area contributed by atoms with Crippen LogP contribution in [0.3, 0.4) is 0 Å². The molecule has 0 bridgehead atoms. The Morgan fingerprint density at radius 1 is 1.53 bits per heavy atom. The molecule has 0 radical (unpaired) electrons. The highest BCUT2D eigenvalue weighted by molar-refractivity contribution is 7.94. The van der Waals surface area contributed by atoms with Crippen LogP contribution < -0.4 is 4.72 Å². The molecule has 0 aliphatic heterocycles. The zero-order chi connectivity index (χ0) is 14.0. The van der Waals surface area contributed by atoms with Gasteiger partial charge in [-0.05, 0) is 18.6 Å². The monoisotopic (exact) mass is 338 g/mol. The van der Waals surface area contributed by atoms with Gasteiger partial charge in [0.1, 0.15) is 4.21 Å². The zero-order valence-electron chi connectivity index (χ0n) is 10.1.